The molecule has 0 saturated carbocycles. The summed E-state index contributed by atoms with van der Waals surface area (Å²) >= 11 is 0. The zero-order valence-electron chi connectivity index (χ0n) is 8.63. The summed E-state index contributed by atoms with van der Waals surface area (Å²) in [5, 5.41) is 0. The Morgan fingerprint density at radius 2 is 1.75 bits per heavy atom. The van der Waals surface area contributed by atoms with Gasteiger partial charge in [-0.25, -0.2) is 0 Å². The van der Waals surface area contributed by atoms with Crippen LogP contribution in [-0.4, -0.2) is 11.8 Å². The average Bonchev–Trinajstić information content (AvgIpc) is 1.84. The molecule has 0 fully saturated rings. The summed E-state index contributed by atoms with van der Waals surface area (Å²) in [6.45, 7) is 7.81. The molecule has 12 heavy (non-hydrogen) atoms. The molecule has 0 aromatic carbocycles. The van der Waals surface area contributed by atoms with Crippen molar-refractivity contribution >= 4 is 5.78 Å². The van der Waals surface area contributed by atoms with Gasteiger partial charge in [0, 0.05) is 12.0 Å². The van der Waals surface area contributed by atoms with Crippen molar-refractivity contribution in [2.45, 2.75) is 46.6 Å². The van der Waals surface area contributed by atoms with Gasteiger partial charge in [-0.3, -0.25) is 4.79 Å². The van der Waals surface area contributed by atoms with Crippen LogP contribution in [0.4, 0.5) is 0 Å². The molecule has 0 aliphatic rings. The van der Waals surface area contributed by atoms with Crippen LogP contribution in [0.2, 0.25) is 0 Å². The summed E-state index contributed by atoms with van der Waals surface area (Å²) in [4.78, 5) is 10.9. The number of rotatable bonds is 5. The summed E-state index contributed by atoms with van der Waals surface area (Å²) < 4.78 is 0. The Kier molecular flexibility index (Phi) is 5.14. The Labute approximate surface area is 75.5 Å². The quantitative estimate of drug-likeness (QED) is 0.687. The molecule has 0 aliphatic heterocycles. The molecule has 0 amide bonds. The second-order valence-corrected chi connectivity index (χ2v) is 4.07. The molecule has 0 heterocycles. The highest BCUT2D eigenvalue weighted by Gasteiger charge is 2.13. The van der Waals surface area contributed by atoms with E-state index in [2.05, 4.69) is 6.92 Å². The fourth-order valence-electron chi connectivity index (χ4n) is 1.50. The van der Waals surface area contributed by atoms with Crippen molar-refractivity contribution in [1.82, 2.24) is 0 Å². The van der Waals surface area contributed by atoms with Gasteiger partial charge in [0.1, 0.15) is 5.78 Å². The summed E-state index contributed by atoms with van der Waals surface area (Å²) in [5.41, 5.74) is 5.66. The van der Waals surface area contributed by atoms with Crippen LogP contribution in [0.25, 0.3) is 0 Å². The van der Waals surface area contributed by atoms with Crippen LogP contribution in [0.15, 0.2) is 0 Å². The van der Waals surface area contributed by atoms with Gasteiger partial charge in [0.15, 0.2) is 0 Å². The summed E-state index contributed by atoms with van der Waals surface area (Å²) in [6, 6.07) is 0.249. The standard InChI is InChI=1S/C10H21NO/c1-7(6-9(3)11)5-8(2)10(4)12/h7-9H,5-6,11H2,1-4H3. The Balaban J connectivity index is 3.68. The van der Waals surface area contributed by atoms with E-state index in [1.807, 2.05) is 13.8 Å². The Morgan fingerprint density at radius 3 is 2.08 bits per heavy atom. The molecule has 0 saturated heterocycles. The molecular weight excluding hydrogens is 150 g/mol. The summed E-state index contributed by atoms with van der Waals surface area (Å²) in [5.74, 6) is 1.04. The van der Waals surface area contributed by atoms with E-state index in [1.165, 1.54) is 0 Å². The van der Waals surface area contributed by atoms with Crippen LogP contribution >= 0.6 is 0 Å². The maximum Gasteiger partial charge on any atom is 0.132 e. The number of Topliss-reactive ketones (excluding diaryl/α,β-unsaturated/α-hetero) is 1. The second kappa shape index (κ2) is 5.31. The summed E-state index contributed by atoms with van der Waals surface area (Å²) in [6.07, 6.45) is 1.98. The van der Waals surface area contributed by atoms with Gasteiger partial charge in [0.25, 0.3) is 0 Å². The first-order chi connectivity index (χ1) is 5.43. The fourth-order valence-corrected chi connectivity index (χ4v) is 1.50. The summed E-state index contributed by atoms with van der Waals surface area (Å²) in [7, 11) is 0. The van der Waals surface area contributed by atoms with Crippen LogP contribution < -0.4 is 5.73 Å². The monoisotopic (exact) mass is 171 g/mol. The number of carbonyl (C=O) groups excluding carboxylic acids is 1. The molecule has 2 heteroatoms. The van der Waals surface area contributed by atoms with Gasteiger partial charge in [-0.05, 0) is 32.6 Å². The molecule has 0 bridgehead atoms. The van der Waals surface area contributed by atoms with E-state index < -0.39 is 0 Å². The molecular formula is C10H21NO. The number of carbonyl (C=O) groups is 1. The fraction of sp³-hybridized carbons (Fsp3) is 0.900. The highest BCUT2D eigenvalue weighted by Crippen LogP contribution is 2.16. The highest BCUT2D eigenvalue weighted by atomic mass is 16.1. The smallest absolute Gasteiger partial charge is 0.132 e. The van der Waals surface area contributed by atoms with Gasteiger partial charge >= 0.3 is 0 Å². The largest absolute Gasteiger partial charge is 0.328 e. The maximum atomic E-state index is 10.9. The number of hydrogen-bond acceptors (Lipinski definition) is 2. The third kappa shape index (κ3) is 5.30. The van der Waals surface area contributed by atoms with Gasteiger partial charge < -0.3 is 5.73 Å². The molecule has 2 nitrogen and oxygen atoms in total. The van der Waals surface area contributed by atoms with E-state index in [0.29, 0.717) is 5.92 Å². The highest BCUT2D eigenvalue weighted by molar-refractivity contribution is 5.77. The Bertz CT molecular complexity index is 143. The first kappa shape index (κ1) is 11.6. The molecule has 2 N–H and O–H groups in total. The van der Waals surface area contributed by atoms with E-state index in [9.17, 15) is 4.79 Å². The Hall–Kier alpha value is -0.370. The maximum absolute atomic E-state index is 10.9. The normalized spacial score (nSPS) is 18.4. The van der Waals surface area contributed by atoms with E-state index >= 15 is 0 Å². The van der Waals surface area contributed by atoms with Crippen molar-refractivity contribution in [3.8, 4) is 0 Å². The minimum atomic E-state index is 0.193. The van der Waals surface area contributed by atoms with Gasteiger partial charge in [0.05, 0.1) is 0 Å². The van der Waals surface area contributed by atoms with E-state index in [0.717, 1.165) is 12.8 Å². The number of ketones is 1. The molecule has 0 rings (SSSR count). The molecule has 0 aromatic rings. The van der Waals surface area contributed by atoms with Crippen LogP contribution in [0.1, 0.15) is 40.5 Å². The first-order valence-electron chi connectivity index (χ1n) is 4.69. The molecule has 3 atom stereocenters. The predicted molar refractivity (Wildman–Crippen MR) is 51.9 cm³/mol. The lowest BCUT2D eigenvalue weighted by atomic mass is 9.90. The Morgan fingerprint density at radius 1 is 1.25 bits per heavy atom. The van der Waals surface area contributed by atoms with Crippen molar-refractivity contribution in [2.24, 2.45) is 17.6 Å². The third-order valence-corrected chi connectivity index (χ3v) is 2.22. The number of hydrogen-bond donors (Lipinski definition) is 1. The van der Waals surface area contributed by atoms with E-state index in [1.54, 1.807) is 6.92 Å². The topological polar surface area (TPSA) is 43.1 Å². The lowest BCUT2D eigenvalue weighted by molar-refractivity contribution is -0.120. The van der Waals surface area contributed by atoms with E-state index in [4.69, 9.17) is 5.73 Å². The van der Waals surface area contributed by atoms with Gasteiger partial charge in [-0.1, -0.05) is 13.8 Å². The minimum absolute atomic E-state index is 0.193. The SMILES string of the molecule is CC(=O)C(C)CC(C)CC(C)N. The van der Waals surface area contributed by atoms with E-state index in [-0.39, 0.29) is 17.7 Å². The first-order valence-corrected chi connectivity index (χ1v) is 4.69. The van der Waals surface area contributed by atoms with Crippen LogP contribution in [0, 0.1) is 11.8 Å². The minimum Gasteiger partial charge on any atom is -0.328 e. The zero-order chi connectivity index (χ0) is 9.72. The average molecular weight is 171 g/mol. The van der Waals surface area contributed by atoms with Gasteiger partial charge in [-0.2, -0.15) is 0 Å². The number of nitrogens with two attached hydrogens (primary N) is 1. The molecule has 3 unspecified atom stereocenters. The predicted octanol–water partition coefficient (Wildman–Crippen LogP) is 1.98. The van der Waals surface area contributed by atoms with Crippen molar-refractivity contribution < 1.29 is 4.79 Å². The second-order valence-electron chi connectivity index (χ2n) is 4.07. The van der Waals surface area contributed by atoms with Crippen molar-refractivity contribution in [1.29, 1.82) is 0 Å². The van der Waals surface area contributed by atoms with Crippen molar-refractivity contribution in [2.75, 3.05) is 0 Å². The molecule has 0 radical (unpaired) electrons. The molecule has 72 valence electrons. The van der Waals surface area contributed by atoms with Crippen molar-refractivity contribution in [3.63, 3.8) is 0 Å². The van der Waals surface area contributed by atoms with Crippen LogP contribution in [0.3, 0.4) is 0 Å². The van der Waals surface area contributed by atoms with Crippen molar-refractivity contribution in [3.05, 3.63) is 0 Å². The van der Waals surface area contributed by atoms with Gasteiger partial charge in [0.2, 0.25) is 0 Å². The molecule has 0 aromatic heterocycles. The lowest BCUT2D eigenvalue weighted by Crippen LogP contribution is -2.20. The third-order valence-electron chi connectivity index (χ3n) is 2.22. The molecule has 0 spiro atoms. The lowest BCUT2D eigenvalue weighted by Gasteiger charge is -2.16. The van der Waals surface area contributed by atoms with Crippen LogP contribution in [-0.2, 0) is 4.79 Å². The molecule has 0 aliphatic carbocycles. The van der Waals surface area contributed by atoms with Gasteiger partial charge in [-0.15, -0.1) is 0 Å². The van der Waals surface area contributed by atoms with Crippen LogP contribution in [0.5, 0.6) is 0 Å². The zero-order valence-corrected chi connectivity index (χ0v) is 8.63.